The summed E-state index contributed by atoms with van der Waals surface area (Å²) in [6, 6.07) is 11.9. The zero-order valence-corrected chi connectivity index (χ0v) is 10.1. The van der Waals surface area contributed by atoms with E-state index in [4.69, 9.17) is 16.0 Å². The van der Waals surface area contributed by atoms with Crippen molar-refractivity contribution in [3.8, 4) is 0 Å². The Bertz CT molecular complexity index is 895. The van der Waals surface area contributed by atoms with Crippen molar-refractivity contribution in [2.75, 3.05) is 0 Å². The summed E-state index contributed by atoms with van der Waals surface area (Å²) in [6.07, 6.45) is 3.51. The molecule has 4 rings (SSSR count). The first-order valence-corrected chi connectivity index (χ1v) is 6.05. The Morgan fingerprint density at radius 3 is 2.83 bits per heavy atom. The van der Waals surface area contributed by atoms with E-state index in [1.807, 2.05) is 30.3 Å². The van der Waals surface area contributed by atoms with Crippen molar-refractivity contribution >= 4 is 44.3 Å². The highest BCUT2D eigenvalue weighted by Crippen LogP contribution is 2.33. The van der Waals surface area contributed by atoms with Crippen LogP contribution in [0.5, 0.6) is 0 Å². The van der Waals surface area contributed by atoms with Crippen LogP contribution in [0.25, 0.3) is 32.7 Å². The SMILES string of the molecule is Clc1cccc2cc3oc4cnccc4c3cc12. The van der Waals surface area contributed by atoms with E-state index in [0.717, 1.165) is 37.7 Å². The van der Waals surface area contributed by atoms with Gasteiger partial charge in [0.1, 0.15) is 5.58 Å². The third-order valence-electron chi connectivity index (χ3n) is 3.22. The van der Waals surface area contributed by atoms with Gasteiger partial charge in [-0.3, -0.25) is 4.98 Å². The van der Waals surface area contributed by atoms with Gasteiger partial charge in [0, 0.05) is 27.4 Å². The first kappa shape index (κ1) is 9.92. The average molecular weight is 254 g/mol. The summed E-state index contributed by atoms with van der Waals surface area (Å²) in [6.45, 7) is 0. The average Bonchev–Trinajstić information content (AvgIpc) is 2.75. The summed E-state index contributed by atoms with van der Waals surface area (Å²) in [4.78, 5) is 4.08. The van der Waals surface area contributed by atoms with Crippen LogP contribution in [-0.4, -0.2) is 4.98 Å². The number of pyridine rings is 1. The van der Waals surface area contributed by atoms with Crippen molar-refractivity contribution in [1.29, 1.82) is 0 Å². The number of aromatic nitrogens is 1. The Morgan fingerprint density at radius 2 is 1.89 bits per heavy atom. The van der Waals surface area contributed by atoms with Crippen LogP contribution in [0.1, 0.15) is 0 Å². The van der Waals surface area contributed by atoms with Crippen molar-refractivity contribution in [1.82, 2.24) is 4.98 Å². The molecule has 2 aromatic carbocycles. The molecule has 0 radical (unpaired) electrons. The van der Waals surface area contributed by atoms with E-state index < -0.39 is 0 Å². The molecule has 4 aromatic rings. The standard InChI is InChI=1S/C15H8ClNO/c16-13-3-1-2-9-6-14-12(7-11(9)13)10-4-5-17-8-15(10)18-14/h1-8H. The van der Waals surface area contributed by atoms with Crippen molar-refractivity contribution in [3.05, 3.63) is 53.8 Å². The highest BCUT2D eigenvalue weighted by molar-refractivity contribution is 6.36. The number of hydrogen-bond acceptors (Lipinski definition) is 2. The molecule has 2 heterocycles. The molecule has 0 bridgehead atoms. The Labute approximate surface area is 108 Å². The van der Waals surface area contributed by atoms with Crippen molar-refractivity contribution in [3.63, 3.8) is 0 Å². The van der Waals surface area contributed by atoms with Crippen molar-refractivity contribution < 1.29 is 4.42 Å². The molecule has 0 amide bonds. The van der Waals surface area contributed by atoms with Gasteiger partial charge in [-0.25, -0.2) is 0 Å². The van der Waals surface area contributed by atoms with Gasteiger partial charge in [0.05, 0.1) is 6.20 Å². The lowest BCUT2D eigenvalue weighted by Gasteiger charge is -1.99. The monoisotopic (exact) mass is 253 g/mol. The van der Waals surface area contributed by atoms with Gasteiger partial charge in [0.25, 0.3) is 0 Å². The lowest BCUT2D eigenvalue weighted by atomic mass is 10.1. The maximum absolute atomic E-state index is 6.23. The molecule has 0 N–H and O–H groups in total. The van der Waals surface area contributed by atoms with Gasteiger partial charge in [-0.05, 0) is 29.7 Å². The summed E-state index contributed by atoms with van der Waals surface area (Å²) in [5.74, 6) is 0. The summed E-state index contributed by atoms with van der Waals surface area (Å²) < 4.78 is 5.79. The molecule has 2 aromatic heterocycles. The number of furan rings is 1. The van der Waals surface area contributed by atoms with Crippen LogP contribution in [-0.2, 0) is 0 Å². The van der Waals surface area contributed by atoms with E-state index in [1.54, 1.807) is 12.4 Å². The smallest absolute Gasteiger partial charge is 0.153 e. The Kier molecular flexibility index (Phi) is 1.91. The van der Waals surface area contributed by atoms with Crippen molar-refractivity contribution in [2.45, 2.75) is 0 Å². The van der Waals surface area contributed by atoms with E-state index in [1.165, 1.54) is 0 Å². The van der Waals surface area contributed by atoms with Crippen LogP contribution < -0.4 is 0 Å². The third kappa shape index (κ3) is 1.27. The lowest BCUT2D eigenvalue weighted by Crippen LogP contribution is -1.74. The van der Waals surface area contributed by atoms with E-state index in [-0.39, 0.29) is 0 Å². The minimum absolute atomic E-state index is 0.762. The topological polar surface area (TPSA) is 26.0 Å². The fraction of sp³-hybridized carbons (Fsp3) is 0. The number of halogens is 1. The van der Waals surface area contributed by atoms with E-state index in [0.29, 0.717) is 0 Å². The number of fused-ring (bicyclic) bond motifs is 4. The van der Waals surface area contributed by atoms with Gasteiger partial charge in [-0.15, -0.1) is 0 Å². The Hall–Kier alpha value is -2.06. The number of benzene rings is 2. The molecule has 0 atom stereocenters. The maximum atomic E-state index is 6.23. The second kappa shape index (κ2) is 3.47. The molecule has 18 heavy (non-hydrogen) atoms. The molecule has 86 valence electrons. The number of hydrogen-bond donors (Lipinski definition) is 0. The summed E-state index contributed by atoms with van der Waals surface area (Å²) >= 11 is 6.23. The van der Waals surface area contributed by atoms with Crippen LogP contribution in [0.3, 0.4) is 0 Å². The van der Waals surface area contributed by atoms with Crippen LogP contribution in [0.4, 0.5) is 0 Å². The highest BCUT2D eigenvalue weighted by atomic mass is 35.5. The normalized spacial score (nSPS) is 11.6. The predicted octanol–water partition coefficient (Wildman–Crippen LogP) is 4.79. The van der Waals surface area contributed by atoms with Crippen LogP contribution in [0, 0.1) is 0 Å². The lowest BCUT2D eigenvalue weighted by molar-refractivity contribution is 0.667. The Morgan fingerprint density at radius 1 is 0.944 bits per heavy atom. The van der Waals surface area contributed by atoms with E-state index in [9.17, 15) is 0 Å². The summed E-state index contributed by atoms with van der Waals surface area (Å²) in [5.41, 5.74) is 1.67. The Balaban J connectivity index is 2.28. The molecule has 3 heteroatoms. The fourth-order valence-corrected chi connectivity index (χ4v) is 2.60. The molecule has 0 unspecified atom stereocenters. The van der Waals surface area contributed by atoms with Gasteiger partial charge < -0.3 is 4.42 Å². The molecule has 0 spiro atoms. The summed E-state index contributed by atoms with van der Waals surface area (Å²) in [7, 11) is 0. The first-order chi connectivity index (χ1) is 8.83. The molecule has 0 aliphatic heterocycles. The van der Waals surface area contributed by atoms with Crippen LogP contribution in [0.15, 0.2) is 53.2 Å². The zero-order chi connectivity index (χ0) is 12.1. The zero-order valence-electron chi connectivity index (χ0n) is 9.35. The first-order valence-electron chi connectivity index (χ1n) is 5.67. The number of rotatable bonds is 0. The molecule has 0 aliphatic carbocycles. The van der Waals surface area contributed by atoms with Gasteiger partial charge >= 0.3 is 0 Å². The molecule has 2 nitrogen and oxygen atoms in total. The van der Waals surface area contributed by atoms with Crippen molar-refractivity contribution in [2.24, 2.45) is 0 Å². The van der Waals surface area contributed by atoms with Gasteiger partial charge in [0.15, 0.2) is 5.58 Å². The molecule has 0 fully saturated rings. The van der Waals surface area contributed by atoms with Crippen LogP contribution in [0.2, 0.25) is 5.02 Å². The maximum Gasteiger partial charge on any atom is 0.153 e. The van der Waals surface area contributed by atoms with E-state index >= 15 is 0 Å². The minimum Gasteiger partial charge on any atom is -0.454 e. The van der Waals surface area contributed by atoms with E-state index in [2.05, 4.69) is 11.1 Å². The quantitative estimate of drug-likeness (QED) is 0.450. The molecular weight excluding hydrogens is 246 g/mol. The third-order valence-corrected chi connectivity index (χ3v) is 3.55. The second-order valence-electron chi connectivity index (χ2n) is 4.28. The highest BCUT2D eigenvalue weighted by Gasteiger charge is 2.09. The number of nitrogens with zero attached hydrogens (tertiary/aromatic N) is 1. The predicted molar refractivity (Wildman–Crippen MR) is 74.0 cm³/mol. The largest absolute Gasteiger partial charge is 0.454 e. The van der Waals surface area contributed by atoms with Gasteiger partial charge in [-0.1, -0.05) is 23.7 Å². The van der Waals surface area contributed by atoms with Crippen LogP contribution >= 0.6 is 11.6 Å². The molecular formula is C15H8ClNO. The summed E-state index contributed by atoms with van der Waals surface area (Å²) in [5, 5.41) is 5.04. The fourth-order valence-electron chi connectivity index (χ4n) is 2.36. The molecule has 0 aliphatic rings. The molecule has 0 saturated carbocycles. The second-order valence-corrected chi connectivity index (χ2v) is 4.69. The van der Waals surface area contributed by atoms with Gasteiger partial charge in [0.2, 0.25) is 0 Å². The van der Waals surface area contributed by atoms with Gasteiger partial charge in [-0.2, -0.15) is 0 Å². The molecule has 0 saturated heterocycles. The minimum atomic E-state index is 0.762.